The van der Waals surface area contributed by atoms with Crippen LogP contribution in [0, 0.1) is 11.8 Å². The van der Waals surface area contributed by atoms with E-state index < -0.39 is 48.8 Å². The molecule has 232 valence electrons. The average molecular weight is 612 g/mol. The molecule has 0 saturated heterocycles. The van der Waals surface area contributed by atoms with Gasteiger partial charge in [0.1, 0.15) is 6.10 Å². The number of nitrogens with zero attached hydrogens (tertiary/aromatic N) is 5. The summed E-state index contributed by atoms with van der Waals surface area (Å²) in [4.78, 5) is 30.2. The number of rotatable bonds is 11. The smallest absolute Gasteiger partial charge is 0.389 e. The Kier molecular flexibility index (Phi) is 7.71. The van der Waals surface area contributed by atoms with Crippen molar-refractivity contribution in [2.75, 3.05) is 0 Å². The molecule has 0 bridgehead atoms. The molecule has 0 radical (unpaired) electrons. The highest BCUT2D eigenvalue weighted by Gasteiger charge is 2.40. The molecule has 11 nitrogen and oxygen atoms in total. The summed E-state index contributed by atoms with van der Waals surface area (Å²) in [5.74, 6) is -4.49. The number of hydrogen-bond acceptors (Lipinski definition) is 8. The van der Waals surface area contributed by atoms with Gasteiger partial charge in [-0.1, -0.05) is 0 Å². The van der Waals surface area contributed by atoms with Crippen LogP contribution in [0.25, 0.3) is 5.65 Å². The normalized spacial score (nSPS) is 20.5. The van der Waals surface area contributed by atoms with Crippen molar-refractivity contribution in [3.8, 4) is 5.88 Å². The van der Waals surface area contributed by atoms with Crippen LogP contribution < -0.4 is 15.4 Å². The van der Waals surface area contributed by atoms with Gasteiger partial charge in [-0.25, -0.2) is 22.9 Å². The molecule has 0 aromatic carbocycles. The summed E-state index contributed by atoms with van der Waals surface area (Å²) in [5, 5.41) is 17.3. The monoisotopic (exact) mass is 611 g/mol. The molecule has 3 saturated carbocycles. The lowest BCUT2D eigenvalue weighted by molar-refractivity contribution is -0.144. The van der Waals surface area contributed by atoms with E-state index in [-0.39, 0.29) is 55.2 Å². The highest BCUT2D eigenvalue weighted by molar-refractivity contribution is 5.94. The molecule has 43 heavy (non-hydrogen) atoms. The predicted molar refractivity (Wildman–Crippen MR) is 137 cm³/mol. The Labute approximate surface area is 241 Å². The quantitative estimate of drug-likeness (QED) is 0.294. The molecular weight excluding hydrogens is 581 g/mol. The van der Waals surface area contributed by atoms with Crippen molar-refractivity contribution in [1.82, 2.24) is 35.5 Å². The minimum atomic E-state index is -4.44. The van der Waals surface area contributed by atoms with Gasteiger partial charge in [-0.3, -0.25) is 9.59 Å². The number of imidazole rings is 1. The Bertz CT molecular complexity index is 1470. The number of carbonyl (C=O) groups is 2. The van der Waals surface area contributed by atoms with Gasteiger partial charge in [0.2, 0.25) is 17.5 Å². The first-order valence-electron chi connectivity index (χ1n) is 14.3. The fourth-order valence-corrected chi connectivity index (χ4v) is 5.41. The fourth-order valence-electron chi connectivity index (χ4n) is 5.41. The van der Waals surface area contributed by atoms with Gasteiger partial charge < -0.3 is 15.4 Å². The Hall–Kier alpha value is -3.85. The van der Waals surface area contributed by atoms with Gasteiger partial charge in [-0.05, 0) is 72.3 Å². The number of fused-ring (bicyclic) bond motifs is 1. The van der Waals surface area contributed by atoms with Crippen LogP contribution in [0.3, 0.4) is 0 Å². The largest absolute Gasteiger partial charge is 0.470 e. The zero-order valence-corrected chi connectivity index (χ0v) is 22.9. The third-order valence-electron chi connectivity index (χ3n) is 8.08. The van der Waals surface area contributed by atoms with Crippen LogP contribution in [0.2, 0.25) is 0 Å². The van der Waals surface area contributed by atoms with Gasteiger partial charge in [-0.15, -0.1) is 0 Å². The first kappa shape index (κ1) is 29.2. The number of aromatic nitrogens is 5. The highest BCUT2D eigenvalue weighted by Crippen LogP contribution is 2.43. The molecule has 3 aromatic rings. The van der Waals surface area contributed by atoms with Crippen molar-refractivity contribution in [1.29, 1.82) is 0 Å². The molecular formula is C27H30F5N7O4. The van der Waals surface area contributed by atoms with E-state index in [1.165, 1.54) is 10.7 Å². The molecule has 3 aliphatic rings. The average Bonchev–Trinajstić information content (AvgIpc) is 3.87. The molecule has 2 amide bonds. The summed E-state index contributed by atoms with van der Waals surface area (Å²) in [6, 6.07) is 0.375. The summed E-state index contributed by atoms with van der Waals surface area (Å²) >= 11 is 0. The number of hydrogen-bond donors (Lipinski definition) is 2. The molecule has 16 heteroatoms. The number of alkyl halides is 5. The summed E-state index contributed by atoms with van der Waals surface area (Å²) in [6.45, 7) is 0. The Morgan fingerprint density at radius 3 is 2.44 bits per heavy atom. The van der Waals surface area contributed by atoms with Crippen LogP contribution in [0.5, 0.6) is 5.88 Å². The lowest BCUT2D eigenvalue weighted by atomic mass is 9.81. The zero-order valence-electron chi connectivity index (χ0n) is 22.9. The minimum Gasteiger partial charge on any atom is -0.470 e. The number of carbonyl (C=O) groups excluding carboxylic acids is 2. The van der Waals surface area contributed by atoms with Crippen molar-refractivity contribution >= 4 is 17.5 Å². The lowest BCUT2D eigenvalue weighted by Crippen LogP contribution is -2.37. The number of amides is 2. The Morgan fingerprint density at radius 1 is 1.05 bits per heavy atom. The van der Waals surface area contributed by atoms with Crippen LogP contribution in [0.15, 0.2) is 23.1 Å². The molecule has 3 heterocycles. The van der Waals surface area contributed by atoms with E-state index in [9.17, 15) is 31.5 Å². The van der Waals surface area contributed by atoms with Gasteiger partial charge in [0.05, 0.1) is 36.6 Å². The molecule has 0 spiro atoms. The van der Waals surface area contributed by atoms with E-state index in [0.29, 0.717) is 16.9 Å². The summed E-state index contributed by atoms with van der Waals surface area (Å²) in [7, 11) is 0. The molecule has 2 atom stereocenters. The van der Waals surface area contributed by atoms with Crippen LogP contribution in [-0.2, 0) is 4.79 Å². The summed E-state index contributed by atoms with van der Waals surface area (Å²) in [6.07, 6.45) is -0.421. The SMILES string of the molecule is O=C(CCC(F)(F)F)N[C@@H](c1cnn2cc(C(NC(=O)c3nonc3OC3CC3)C3CCC(F)(F)CC3)nc2c1)C1CC1. The minimum absolute atomic E-state index is 0.0429. The van der Waals surface area contributed by atoms with Crippen molar-refractivity contribution in [2.45, 2.75) is 94.5 Å². The second-order valence-corrected chi connectivity index (χ2v) is 11.6. The maximum atomic E-state index is 14.0. The summed E-state index contributed by atoms with van der Waals surface area (Å²) < 4.78 is 77.6. The van der Waals surface area contributed by atoms with Crippen LogP contribution in [0.1, 0.15) is 98.0 Å². The molecule has 1 unspecified atom stereocenters. The maximum Gasteiger partial charge on any atom is 0.389 e. The van der Waals surface area contributed by atoms with Gasteiger partial charge in [0, 0.05) is 19.3 Å². The lowest BCUT2D eigenvalue weighted by Gasteiger charge is -2.33. The third-order valence-corrected chi connectivity index (χ3v) is 8.08. The standard InChI is InChI=1S/C27H30F5N7O4/c28-26(29)8-5-15(6-9-26)22(36-24(41)23-25(38-43-37-23)42-17-3-4-17)18-13-39-19(34-18)11-16(12-33-39)21(14-1-2-14)35-20(40)7-10-27(30,31)32/h11-15,17,21-22H,1-10H2,(H,35,40)(H,36,41)/t21-,22?/m1/s1. The van der Waals surface area contributed by atoms with Crippen molar-refractivity contribution in [3.63, 3.8) is 0 Å². The second-order valence-electron chi connectivity index (χ2n) is 11.6. The van der Waals surface area contributed by atoms with Crippen LogP contribution >= 0.6 is 0 Å². The maximum absolute atomic E-state index is 14.0. The van der Waals surface area contributed by atoms with Crippen molar-refractivity contribution in [3.05, 3.63) is 35.4 Å². The number of halogens is 5. The molecule has 3 aromatic heterocycles. The molecule has 2 N–H and O–H groups in total. The number of ether oxygens (including phenoxy) is 1. The molecule has 6 rings (SSSR count). The third kappa shape index (κ3) is 7.21. The fraction of sp³-hybridized carbons (Fsp3) is 0.630. The topological polar surface area (TPSA) is 137 Å². The van der Waals surface area contributed by atoms with E-state index >= 15 is 0 Å². The Balaban J connectivity index is 1.24. The van der Waals surface area contributed by atoms with E-state index in [0.717, 1.165) is 25.7 Å². The first-order chi connectivity index (χ1) is 20.4. The van der Waals surface area contributed by atoms with Gasteiger partial charge in [0.25, 0.3) is 11.8 Å². The Morgan fingerprint density at radius 2 is 1.77 bits per heavy atom. The van der Waals surface area contributed by atoms with Crippen LogP contribution in [0.4, 0.5) is 22.0 Å². The van der Waals surface area contributed by atoms with Crippen molar-refractivity contribution < 1.29 is 40.9 Å². The van der Waals surface area contributed by atoms with Gasteiger partial charge >= 0.3 is 6.18 Å². The predicted octanol–water partition coefficient (Wildman–Crippen LogP) is 4.86. The highest BCUT2D eigenvalue weighted by atomic mass is 19.4. The van der Waals surface area contributed by atoms with Crippen molar-refractivity contribution in [2.24, 2.45) is 11.8 Å². The van der Waals surface area contributed by atoms with E-state index in [2.05, 4.69) is 31.0 Å². The zero-order chi connectivity index (χ0) is 30.4. The second kappa shape index (κ2) is 11.3. The molecule has 0 aliphatic heterocycles. The van der Waals surface area contributed by atoms with E-state index in [4.69, 9.17) is 9.37 Å². The van der Waals surface area contributed by atoms with E-state index in [1.54, 1.807) is 12.3 Å². The first-order valence-corrected chi connectivity index (χ1v) is 14.3. The van der Waals surface area contributed by atoms with Gasteiger partial charge in [-0.2, -0.15) is 18.3 Å². The molecule has 3 fully saturated rings. The van der Waals surface area contributed by atoms with Gasteiger partial charge in [0.15, 0.2) is 5.65 Å². The summed E-state index contributed by atoms with van der Waals surface area (Å²) in [5.41, 5.74) is 1.17. The molecule has 3 aliphatic carbocycles. The van der Waals surface area contributed by atoms with E-state index in [1.807, 2.05) is 0 Å². The van der Waals surface area contributed by atoms with Crippen LogP contribution in [-0.4, -0.2) is 54.9 Å². The number of nitrogens with one attached hydrogen (secondary N) is 2.